The third-order valence-corrected chi connectivity index (χ3v) is 4.84. The molecule has 0 heterocycles. The molecule has 1 aromatic carbocycles. The Morgan fingerprint density at radius 2 is 2.05 bits per heavy atom. The Morgan fingerprint density at radius 3 is 2.80 bits per heavy atom. The fourth-order valence-electron chi connectivity index (χ4n) is 3.75. The van der Waals surface area contributed by atoms with Crippen LogP contribution >= 0.6 is 0 Å². The predicted molar refractivity (Wildman–Crippen MR) is 78.2 cm³/mol. The van der Waals surface area contributed by atoms with Gasteiger partial charge in [-0.2, -0.15) is 0 Å². The van der Waals surface area contributed by atoms with Crippen LogP contribution in [0, 0.1) is 5.92 Å². The first-order valence-corrected chi connectivity index (χ1v) is 7.67. The molecule has 1 fully saturated rings. The van der Waals surface area contributed by atoms with Crippen LogP contribution in [0.1, 0.15) is 56.2 Å². The maximum Gasteiger partial charge on any atom is 0.223 e. The van der Waals surface area contributed by atoms with Gasteiger partial charge in [-0.1, -0.05) is 44.0 Å². The summed E-state index contributed by atoms with van der Waals surface area (Å²) in [6.45, 7) is 2.18. The molecule has 0 saturated heterocycles. The van der Waals surface area contributed by atoms with Gasteiger partial charge in [0.25, 0.3) is 0 Å². The van der Waals surface area contributed by atoms with E-state index in [0.717, 1.165) is 32.1 Å². The van der Waals surface area contributed by atoms with Crippen molar-refractivity contribution in [2.45, 2.75) is 57.1 Å². The molecule has 3 rings (SSSR count). The van der Waals surface area contributed by atoms with Crippen LogP contribution in [0.4, 0.5) is 0 Å². The van der Waals surface area contributed by atoms with Crippen molar-refractivity contribution in [3.05, 3.63) is 35.4 Å². The minimum atomic E-state index is -0.758. The molecule has 2 N–H and O–H groups in total. The van der Waals surface area contributed by atoms with E-state index >= 15 is 0 Å². The van der Waals surface area contributed by atoms with Gasteiger partial charge in [0.2, 0.25) is 5.91 Å². The maximum absolute atomic E-state index is 12.2. The van der Waals surface area contributed by atoms with Gasteiger partial charge in [0.1, 0.15) is 0 Å². The molecule has 0 aliphatic heterocycles. The monoisotopic (exact) mass is 273 g/mol. The zero-order valence-corrected chi connectivity index (χ0v) is 12.1. The van der Waals surface area contributed by atoms with Gasteiger partial charge in [0.15, 0.2) is 0 Å². The zero-order valence-electron chi connectivity index (χ0n) is 12.1. The van der Waals surface area contributed by atoms with Crippen molar-refractivity contribution in [3.63, 3.8) is 0 Å². The largest absolute Gasteiger partial charge is 0.389 e. The van der Waals surface area contributed by atoms with Crippen molar-refractivity contribution in [1.82, 2.24) is 5.32 Å². The summed E-state index contributed by atoms with van der Waals surface area (Å²) in [7, 11) is 0. The maximum atomic E-state index is 12.2. The molecule has 2 aliphatic rings. The third-order valence-electron chi connectivity index (χ3n) is 4.84. The number of rotatable bonds is 3. The predicted octanol–water partition coefficient (Wildman–Crippen LogP) is 2.73. The standard InChI is InChI=1S/C17H23NO2/c1-12-10-13-6-2-3-7-14(13)16(12)18-15(19)11-17(20)8-4-5-9-17/h2-3,6-7,12,16,20H,4-5,8-11H2,1H3,(H,18,19). The lowest BCUT2D eigenvalue weighted by Crippen LogP contribution is -2.37. The SMILES string of the molecule is CC1Cc2ccccc2C1NC(=O)CC1(O)CCCC1. The Kier molecular flexibility index (Phi) is 3.55. The number of benzene rings is 1. The highest BCUT2D eigenvalue weighted by Crippen LogP contribution is 2.37. The van der Waals surface area contributed by atoms with Gasteiger partial charge in [-0.05, 0) is 36.3 Å². The van der Waals surface area contributed by atoms with Crippen LogP contribution in [0.3, 0.4) is 0 Å². The summed E-state index contributed by atoms with van der Waals surface area (Å²) in [6, 6.07) is 8.43. The molecular formula is C17H23NO2. The van der Waals surface area contributed by atoms with E-state index in [4.69, 9.17) is 0 Å². The summed E-state index contributed by atoms with van der Waals surface area (Å²) in [5.41, 5.74) is 1.82. The van der Waals surface area contributed by atoms with E-state index in [1.165, 1.54) is 11.1 Å². The fourth-order valence-corrected chi connectivity index (χ4v) is 3.75. The Hall–Kier alpha value is -1.35. The topological polar surface area (TPSA) is 49.3 Å². The van der Waals surface area contributed by atoms with Crippen LogP contribution in [-0.4, -0.2) is 16.6 Å². The number of hydrogen-bond donors (Lipinski definition) is 2. The molecule has 3 nitrogen and oxygen atoms in total. The normalized spacial score (nSPS) is 27.3. The van der Waals surface area contributed by atoms with Gasteiger partial charge in [0.05, 0.1) is 18.1 Å². The molecule has 20 heavy (non-hydrogen) atoms. The number of carbonyl (C=O) groups excluding carboxylic acids is 1. The van der Waals surface area contributed by atoms with Crippen molar-refractivity contribution in [2.24, 2.45) is 5.92 Å². The van der Waals surface area contributed by atoms with E-state index in [2.05, 4.69) is 30.4 Å². The lowest BCUT2D eigenvalue weighted by Gasteiger charge is -2.24. The number of fused-ring (bicyclic) bond motifs is 1. The molecule has 108 valence electrons. The van der Waals surface area contributed by atoms with Crippen molar-refractivity contribution >= 4 is 5.91 Å². The van der Waals surface area contributed by atoms with Crippen LogP contribution in [0.25, 0.3) is 0 Å². The van der Waals surface area contributed by atoms with E-state index in [9.17, 15) is 9.90 Å². The van der Waals surface area contributed by atoms with Gasteiger partial charge in [0, 0.05) is 0 Å². The number of amides is 1. The van der Waals surface area contributed by atoms with Gasteiger partial charge in [-0.3, -0.25) is 4.79 Å². The summed E-state index contributed by atoms with van der Waals surface area (Å²) >= 11 is 0. The number of aliphatic hydroxyl groups is 1. The summed E-state index contributed by atoms with van der Waals surface area (Å²) in [5, 5.41) is 13.5. The average Bonchev–Trinajstić information content (AvgIpc) is 2.95. The highest BCUT2D eigenvalue weighted by atomic mass is 16.3. The van der Waals surface area contributed by atoms with Crippen LogP contribution in [0.2, 0.25) is 0 Å². The lowest BCUT2D eigenvalue weighted by molar-refractivity contribution is -0.126. The third kappa shape index (κ3) is 2.59. The van der Waals surface area contributed by atoms with Gasteiger partial charge in [-0.15, -0.1) is 0 Å². The highest BCUT2D eigenvalue weighted by molar-refractivity contribution is 5.77. The first kappa shape index (κ1) is 13.6. The molecule has 1 aromatic rings. The molecule has 2 aliphatic carbocycles. The van der Waals surface area contributed by atoms with Crippen molar-refractivity contribution in [2.75, 3.05) is 0 Å². The van der Waals surface area contributed by atoms with Gasteiger partial charge in [-0.25, -0.2) is 0 Å². The molecule has 0 aromatic heterocycles. The molecule has 2 unspecified atom stereocenters. The Labute approximate surface area is 120 Å². The van der Waals surface area contributed by atoms with E-state index in [1.54, 1.807) is 0 Å². The Morgan fingerprint density at radius 1 is 1.35 bits per heavy atom. The first-order valence-electron chi connectivity index (χ1n) is 7.67. The lowest BCUT2D eigenvalue weighted by atomic mass is 9.96. The second-order valence-corrected chi connectivity index (χ2v) is 6.53. The van der Waals surface area contributed by atoms with E-state index in [1.807, 2.05) is 6.07 Å². The summed E-state index contributed by atoms with van der Waals surface area (Å²) in [5.74, 6) is 0.414. The van der Waals surface area contributed by atoms with Gasteiger partial charge >= 0.3 is 0 Å². The summed E-state index contributed by atoms with van der Waals surface area (Å²) in [6.07, 6.45) is 4.86. The van der Waals surface area contributed by atoms with E-state index in [-0.39, 0.29) is 18.4 Å². The fraction of sp³-hybridized carbons (Fsp3) is 0.588. The molecule has 3 heteroatoms. The second kappa shape index (κ2) is 5.21. The Bertz CT molecular complexity index is 505. The van der Waals surface area contributed by atoms with E-state index < -0.39 is 5.60 Å². The highest BCUT2D eigenvalue weighted by Gasteiger charge is 2.36. The van der Waals surface area contributed by atoms with Crippen molar-refractivity contribution in [3.8, 4) is 0 Å². The molecule has 1 saturated carbocycles. The first-order chi connectivity index (χ1) is 9.57. The van der Waals surface area contributed by atoms with Crippen molar-refractivity contribution < 1.29 is 9.90 Å². The summed E-state index contributed by atoms with van der Waals surface area (Å²) in [4.78, 5) is 12.2. The number of hydrogen-bond acceptors (Lipinski definition) is 2. The number of nitrogens with one attached hydrogen (secondary N) is 1. The number of carbonyl (C=O) groups is 1. The second-order valence-electron chi connectivity index (χ2n) is 6.53. The molecular weight excluding hydrogens is 250 g/mol. The smallest absolute Gasteiger partial charge is 0.223 e. The zero-order chi connectivity index (χ0) is 14.2. The van der Waals surface area contributed by atoms with E-state index in [0.29, 0.717) is 5.92 Å². The van der Waals surface area contributed by atoms with Crippen LogP contribution < -0.4 is 5.32 Å². The van der Waals surface area contributed by atoms with Crippen LogP contribution in [0.15, 0.2) is 24.3 Å². The minimum Gasteiger partial charge on any atom is -0.389 e. The quantitative estimate of drug-likeness (QED) is 0.889. The molecule has 0 spiro atoms. The van der Waals surface area contributed by atoms with Crippen LogP contribution in [-0.2, 0) is 11.2 Å². The summed E-state index contributed by atoms with van der Waals surface area (Å²) < 4.78 is 0. The molecule has 0 radical (unpaired) electrons. The van der Waals surface area contributed by atoms with Crippen LogP contribution in [0.5, 0.6) is 0 Å². The van der Waals surface area contributed by atoms with Gasteiger partial charge < -0.3 is 10.4 Å². The molecule has 2 atom stereocenters. The van der Waals surface area contributed by atoms with Crippen molar-refractivity contribution in [1.29, 1.82) is 0 Å². The minimum absolute atomic E-state index is 0.0112. The average molecular weight is 273 g/mol. The molecule has 1 amide bonds. The Balaban J connectivity index is 1.67. The molecule has 0 bridgehead atoms.